The first-order chi connectivity index (χ1) is 12.7. The summed E-state index contributed by atoms with van der Waals surface area (Å²) in [5, 5.41) is 0. The molecule has 3 nitrogen and oxygen atoms in total. The number of benzene rings is 2. The Morgan fingerprint density at radius 2 is 1.81 bits per heavy atom. The molecular formula is C23H31NO2. The van der Waals surface area contributed by atoms with Crippen molar-refractivity contribution in [1.82, 2.24) is 4.90 Å². The first-order valence-corrected chi connectivity index (χ1v) is 9.77. The smallest absolute Gasteiger partial charge is 0.122 e. The Bertz CT molecular complexity index is 682. The van der Waals surface area contributed by atoms with Crippen LogP contribution in [0, 0.1) is 0 Å². The number of aryl methyl sites for hydroxylation is 1. The fraction of sp³-hybridized carbons (Fsp3) is 0.478. The number of ether oxygens (including phenoxy) is 2. The predicted octanol–water partition coefficient (Wildman–Crippen LogP) is 4.52. The van der Waals surface area contributed by atoms with Crippen molar-refractivity contribution in [3.05, 3.63) is 59.2 Å². The Morgan fingerprint density at radius 1 is 1.00 bits per heavy atom. The zero-order chi connectivity index (χ0) is 18.4. The second kappa shape index (κ2) is 9.09. The fourth-order valence-corrected chi connectivity index (χ4v) is 4.07. The number of fused-ring (bicyclic) bond motifs is 1. The van der Waals surface area contributed by atoms with E-state index in [0.717, 1.165) is 43.9 Å². The quantitative estimate of drug-likeness (QED) is 0.697. The molecule has 0 aliphatic heterocycles. The molecule has 0 radical (unpaired) electrons. The Hall–Kier alpha value is -2.00. The standard InChI is InChI=1S/C23H31NO2/c1-4-15-24(16-14-18-8-12-21(25-2)13-9-18)20-11-10-19-6-5-7-23(26-3)22(19)17-20/h5-9,12-13,20H,4,10-11,14-17H2,1-3H3/t20-/m1/s1. The van der Waals surface area contributed by atoms with Crippen LogP contribution in [0.2, 0.25) is 0 Å². The summed E-state index contributed by atoms with van der Waals surface area (Å²) in [6.07, 6.45) is 5.77. The van der Waals surface area contributed by atoms with Gasteiger partial charge in [-0.1, -0.05) is 31.2 Å². The predicted molar refractivity (Wildman–Crippen MR) is 107 cm³/mol. The topological polar surface area (TPSA) is 21.7 Å². The lowest BCUT2D eigenvalue weighted by Gasteiger charge is -2.35. The maximum Gasteiger partial charge on any atom is 0.122 e. The van der Waals surface area contributed by atoms with Gasteiger partial charge in [-0.2, -0.15) is 0 Å². The lowest BCUT2D eigenvalue weighted by Crippen LogP contribution is -2.41. The van der Waals surface area contributed by atoms with Gasteiger partial charge in [0.05, 0.1) is 14.2 Å². The average molecular weight is 354 g/mol. The van der Waals surface area contributed by atoms with Crippen LogP contribution in [-0.2, 0) is 19.3 Å². The molecule has 0 heterocycles. The molecule has 0 unspecified atom stereocenters. The second-order valence-corrected chi connectivity index (χ2v) is 7.13. The van der Waals surface area contributed by atoms with Crippen molar-refractivity contribution < 1.29 is 9.47 Å². The highest BCUT2D eigenvalue weighted by Crippen LogP contribution is 2.31. The van der Waals surface area contributed by atoms with Crippen LogP contribution in [0.3, 0.4) is 0 Å². The number of rotatable bonds is 8. The minimum atomic E-state index is 0.608. The van der Waals surface area contributed by atoms with Gasteiger partial charge in [-0.05, 0) is 73.5 Å². The molecule has 0 saturated carbocycles. The summed E-state index contributed by atoms with van der Waals surface area (Å²) in [6.45, 7) is 4.54. The van der Waals surface area contributed by atoms with Crippen molar-refractivity contribution in [1.29, 1.82) is 0 Å². The van der Waals surface area contributed by atoms with Gasteiger partial charge < -0.3 is 9.47 Å². The first-order valence-electron chi connectivity index (χ1n) is 9.77. The first kappa shape index (κ1) is 18.8. The summed E-state index contributed by atoms with van der Waals surface area (Å²) in [5.41, 5.74) is 4.25. The summed E-state index contributed by atoms with van der Waals surface area (Å²) in [5.74, 6) is 1.98. The Kier molecular flexibility index (Phi) is 6.56. The summed E-state index contributed by atoms with van der Waals surface area (Å²) in [6, 6.07) is 15.6. The molecule has 2 aromatic carbocycles. The van der Waals surface area contributed by atoms with Crippen molar-refractivity contribution in [2.45, 2.75) is 45.1 Å². The van der Waals surface area contributed by atoms with Crippen LogP contribution in [-0.4, -0.2) is 38.3 Å². The molecule has 0 N–H and O–H groups in total. The van der Waals surface area contributed by atoms with Gasteiger partial charge in [-0.3, -0.25) is 4.90 Å². The van der Waals surface area contributed by atoms with E-state index in [1.165, 1.54) is 29.5 Å². The minimum absolute atomic E-state index is 0.608. The number of methoxy groups -OCH3 is 2. The van der Waals surface area contributed by atoms with Crippen LogP contribution in [0.1, 0.15) is 36.5 Å². The van der Waals surface area contributed by atoms with Crippen molar-refractivity contribution >= 4 is 0 Å². The van der Waals surface area contributed by atoms with E-state index in [0.29, 0.717) is 6.04 Å². The lowest BCUT2D eigenvalue weighted by atomic mass is 9.86. The maximum absolute atomic E-state index is 5.62. The van der Waals surface area contributed by atoms with Gasteiger partial charge in [0.25, 0.3) is 0 Å². The van der Waals surface area contributed by atoms with E-state index in [-0.39, 0.29) is 0 Å². The molecule has 0 amide bonds. The van der Waals surface area contributed by atoms with Gasteiger partial charge in [0.15, 0.2) is 0 Å². The Morgan fingerprint density at radius 3 is 2.50 bits per heavy atom. The number of nitrogens with zero attached hydrogens (tertiary/aromatic N) is 1. The molecule has 140 valence electrons. The van der Waals surface area contributed by atoms with Gasteiger partial charge >= 0.3 is 0 Å². The maximum atomic E-state index is 5.62. The Labute approximate surface area is 157 Å². The van der Waals surface area contributed by atoms with Gasteiger partial charge in [0.2, 0.25) is 0 Å². The van der Waals surface area contributed by atoms with Crippen LogP contribution in [0.5, 0.6) is 11.5 Å². The zero-order valence-electron chi connectivity index (χ0n) is 16.3. The number of hydrogen-bond acceptors (Lipinski definition) is 3. The molecule has 0 spiro atoms. The molecule has 26 heavy (non-hydrogen) atoms. The van der Waals surface area contributed by atoms with Crippen LogP contribution in [0.25, 0.3) is 0 Å². The van der Waals surface area contributed by atoms with Crippen molar-refractivity contribution in [2.75, 3.05) is 27.3 Å². The third-order valence-corrected chi connectivity index (χ3v) is 5.51. The van der Waals surface area contributed by atoms with E-state index in [9.17, 15) is 0 Å². The summed E-state index contributed by atoms with van der Waals surface area (Å²) in [7, 11) is 3.50. The summed E-state index contributed by atoms with van der Waals surface area (Å²) >= 11 is 0. The molecule has 3 rings (SSSR count). The molecular weight excluding hydrogens is 322 g/mol. The minimum Gasteiger partial charge on any atom is -0.497 e. The van der Waals surface area contributed by atoms with Gasteiger partial charge in [-0.25, -0.2) is 0 Å². The summed E-state index contributed by atoms with van der Waals surface area (Å²) < 4.78 is 10.9. The van der Waals surface area contributed by atoms with Crippen LogP contribution >= 0.6 is 0 Å². The normalized spacial score (nSPS) is 16.4. The highest BCUT2D eigenvalue weighted by atomic mass is 16.5. The molecule has 1 atom stereocenters. The Balaban J connectivity index is 1.67. The van der Waals surface area contributed by atoms with Crippen molar-refractivity contribution in [2.24, 2.45) is 0 Å². The monoisotopic (exact) mass is 353 g/mol. The van der Waals surface area contributed by atoms with Crippen LogP contribution in [0.4, 0.5) is 0 Å². The largest absolute Gasteiger partial charge is 0.497 e. The second-order valence-electron chi connectivity index (χ2n) is 7.13. The van der Waals surface area contributed by atoms with Gasteiger partial charge in [0, 0.05) is 12.6 Å². The third kappa shape index (κ3) is 4.39. The van der Waals surface area contributed by atoms with Crippen molar-refractivity contribution in [3.8, 4) is 11.5 Å². The zero-order valence-corrected chi connectivity index (χ0v) is 16.3. The van der Waals surface area contributed by atoms with E-state index >= 15 is 0 Å². The molecule has 0 aromatic heterocycles. The molecule has 0 bridgehead atoms. The molecule has 1 aliphatic rings. The van der Waals surface area contributed by atoms with E-state index in [1.54, 1.807) is 14.2 Å². The van der Waals surface area contributed by atoms with E-state index in [4.69, 9.17) is 9.47 Å². The average Bonchev–Trinajstić information content (AvgIpc) is 2.70. The fourth-order valence-electron chi connectivity index (χ4n) is 4.07. The van der Waals surface area contributed by atoms with E-state index in [1.807, 2.05) is 0 Å². The molecule has 0 fully saturated rings. The van der Waals surface area contributed by atoms with Crippen molar-refractivity contribution in [3.63, 3.8) is 0 Å². The lowest BCUT2D eigenvalue weighted by molar-refractivity contribution is 0.180. The summed E-state index contributed by atoms with van der Waals surface area (Å²) in [4.78, 5) is 2.68. The molecule has 1 aliphatic carbocycles. The SMILES string of the molecule is CCCN(CCc1ccc(OC)cc1)[C@@H]1CCc2cccc(OC)c2C1. The van der Waals surface area contributed by atoms with E-state index < -0.39 is 0 Å². The van der Waals surface area contributed by atoms with E-state index in [2.05, 4.69) is 54.3 Å². The molecule has 3 heteroatoms. The molecule has 0 saturated heterocycles. The van der Waals surface area contributed by atoms with Gasteiger partial charge in [-0.15, -0.1) is 0 Å². The van der Waals surface area contributed by atoms with Gasteiger partial charge in [0.1, 0.15) is 11.5 Å². The highest BCUT2D eigenvalue weighted by Gasteiger charge is 2.25. The third-order valence-electron chi connectivity index (χ3n) is 5.51. The van der Waals surface area contributed by atoms with Crippen LogP contribution in [0.15, 0.2) is 42.5 Å². The molecule has 2 aromatic rings. The van der Waals surface area contributed by atoms with Crippen LogP contribution < -0.4 is 9.47 Å². The number of hydrogen-bond donors (Lipinski definition) is 0. The highest BCUT2D eigenvalue weighted by molar-refractivity contribution is 5.42.